The molecule has 0 unspecified atom stereocenters. The van der Waals surface area contributed by atoms with Gasteiger partial charge in [-0.1, -0.05) is 0 Å². The summed E-state index contributed by atoms with van der Waals surface area (Å²) in [5.74, 6) is 0.463. The van der Waals surface area contributed by atoms with Crippen LogP contribution in [0.5, 0.6) is 0 Å². The summed E-state index contributed by atoms with van der Waals surface area (Å²) < 4.78 is 21.4. The normalized spacial score (nSPS) is 47.9. The molecule has 0 bridgehead atoms. The fraction of sp³-hybridized carbons (Fsp3) is 1.00. The molecule has 2 saturated heterocycles. The Morgan fingerprint density at radius 1 is 0.913 bits per heavy atom. The maximum Gasteiger partial charge on any atom is 0.187 e. The van der Waals surface area contributed by atoms with Crippen molar-refractivity contribution >= 4 is 11.8 Å². The molecule has 9 atom stereocenters. The molecule has 0 radical (unpaired) electrons. The van der Waals surface area contributed by atoms with E-state index in [9.17, 15) is 20.4 Å². The van der Waals surface area contributed by atoms with Crippen LogP contribution in [0.2, 0.25) is 0 Å². The summed E-state index contributed by atoms with van der Waals surface area (Å²) in [6.45, 7) is -0.498. The highest BCUT2D eigenvalue weighted by Crippen LogP contribution is 2.30. The highest BCUT2D eigenvalue weighted by Gasteiger charge is 2.50. The van der Waals surface area contributed by atoms with Crippen LogP contribution < -0.4 is 0 Å². The van der Waals surface area contributed by atoms with Gasteiger partial charge >= 0.3 is 0 Å². The van der Waals surface area contributed by atoms with Crippen LogP contribution >= 0.6 is 11.8 Å². The highest BCUT2D eigenvalue weighted by molar-refractivity contribution is 7.98. The molecule has 10 heteroatoms. The predicted molar refractivity (Wildman–Crippen MR) is 78.7 cm³/mol. The molecular weight excluding hydrogens is 332 g/mol. The molecule has 2 fully saturated rings. The molecule has 0 aromatic rings. The molecule has 0 aliphatic carbocycles. The van der Waals surface area contributed by atoms with Crippen molar-refractivity contribution in [2.24, 2.45) is 0 Å². The van der Waals surface area contributed by atoms with Gasteiger partial charge in [0, 0.05) is 12.9 Å². The number of hydrogen-bond donors (Lipinski definition) is 5. The van der Waals surface area contributed by atoms with Gasteiger partial charge in [0.05, 0.1) is 12.7 Å². The van der Waals surface area contributed by atoms with E-state index in [-0.39, 0.29) is 0 Å². The summed E-state index contributed by atoms with van der Waals surface area (Å²) in [7, 11) is 1.32. The second kappa shape index (κ2) is 8.39. The van der Waals surface area contributed by atoms with Gasteiger partial charge in [-0.25, -0.2) is 0 Å². The summed E-state index contributed by atoms with van der Waals surface area (Å²) >= 11 is 1.44. The first-order chi connectivity index (χ1) is 10.9. The predicted octanol–water partition coefficient (Wildman–Crippen LogP) is -2.73. The zero-order chi connectivity index (χ0) is 17.1. The van der Waals surface area contributed by atoms with Crippen LogP contribution in [0.1, 0.15) is 0 Å². The average Bonchev–Trinajstić information content (AvgIpc) is 2.81. The monoisotopic (exact) mass is 356 g/mol. The summed E-state index contributed by atoms with van der Waals surface area (Å²) in [6.07, 6.45) is -8.43. The van der Waals surface area contributed by atoms with E-state index in [1.54, 1.807) is 0 Å². The molecular formula is C13H24O9S. The molecule has 2 aliphatic rings. The van der Waals surface area contributed by atoms with Gasteiger partial charge in [-0.2, -0.15) is 11.8 Å². The summed E-state index contributed by atoms with van der Waals surface area (Å²) in [6, 6.07) is 0. The van der Waals surface area contributed by atoms with Gasteiger partial charge in [0.1, 0.15) is 36.6 Å². The van der Waals surface area contributed by atoms with E-state index in [2.05, 4.69) is 0 Å². The fourth-order valence-corrected chi connectivity index (χ4v) is 3.28. The SMILES string of the molecule is CO[C@H]1O[C@H](CO)[C@@H](O)[C@H](O)[C@@H]1O[C@@H]1O[C@@H](CSC)[C@@H](O)[C@@H]1O. The molecule has 0 aromatic carbocycles. The molecule has 0 spiro atoms. The van der Waals surface area contributed by atoms with E-state index in [0.29, 0.717) is 5.75 Å². The number of methoxy groups -OCH3 is 1. The van der Waals surface area contributed by atoms with E-state index in [1.165, 1.54) is 18.9 Å². The molecule has 2 aliphatic heterocycles. The first-order valence-electron chi connectivity index (χ1n) is 7.25. The second-order valence-electron chi connectivity index (χ2n) is 5.52. The van der Waals surface area contributed by atoms with Crippen molar-refractivity contribution in [2.45, 2.75) is 55.3 Å². The third-order valence-electron chi connectivity index (χ3n) is 4.00. The van der Waals surface area contributed by atoms with Crippen molar-refractivity contribution in [2.75, 3.05) is 25.7 Å². The lowest BCUT2D eigenvalue weighted by molar-refractivity contribution is -0.332. The van der Waals surface area contributed by atoms with Gasteiger partial charge in [0.2, 0.25) is 0 Å². The zero-order valence-electron chi connectivity index (χ0n) is 12.9. The summed E-state index contributed by atoms with van der Waals surface area (Å²) in [5, 5.41) is 49.2. The van der Waals surface area contributed by atoms with Crippen molar-refractivity contribution in [1.82, 2.24) is 0 Å². The molecule has 136 valence electrons. The van der Waals surface area contributed by atoms with Gasteiger partial charge < -0.3 is 44.5 Å². The Balaban J connectivity index is 2.05. The highest BCUT2D eigenvalue weighted by atomic mass is 32.2. The molecule has 9 nitrogen and oxygen atoms in total. The van der Waals surface area contributed by atoms with Gasteiger partial charge in [0.25, 0.3) is 0 Å². The minimum atomic E-state index is -1.42. The van der Waals surface area contributed by atoms with Crippen LogP contribution in [-0.2, 0) is 18.9 Å². The summed E-state index contributed by atoms with van der Waals surface area (Å²) in [4.78, 5) is 0. The number of rotatable bonds is 6. The molecule has 5 N–H and O–H groups in total. The Labute approximate surface area is 138 Å². The number of aliphatic hydroxyl groups is 5. The molecule has 0 saturated carbocycles. The van der Waals surface area contributed by atoms with Gasteiger partial charge in [0.15, 0.2) is 12.6 Å². The van der Waals surface area contributed by atoms with Crippen LogP contribution in [0.4, 0.5) is 0 Å². The van der Waals surface area contributed by atoms with E-state index >= 15 is 0 Å². The topological polar surface area (TPSA) is 138 Å². The Hall–Kier alpha value is -0.0100. The van der Waals surface area contributed by atoms with Crippen molar-refractivity contribution in [3.63, 3.8) is 0 Å². The minimum absolute atomic E-state index is 0.463. The standard InChI is InChI=1S/C13H24O9S/c1-19-13-11(9(17)7(15)5(3-14)20-13)22-12-10(18)8(16)6(21-12)4-23-2/h5-18H,3-4H2,1-2H3/t5-,6+,7-,8-,9+,10+,11+,12+,13+/m1/s1. The van der Waals surface area contributed by atoms with Crippen molar-refractivity contribution < 1.29 is 44.5 Å². The number of thioether (sulfide) groups is 1. The Morgan fingerprint density at radius 2 is 1.52 bits per heavy atom. The van der Waals surface area contributed by atoms with Gasteiger partial charge in [-0.05, 0) is 6.26 Å². The first kappa shape index (κ1) is 19.3. The lowest BCUT2D eigenvalue weighted by Crippen LogP contribution is -2.61. The molecule has 2 heterocycles. The van der Waals surface area contributed by atoms with Crippen LogP contribution in [-0.4, -0.2) is 107 Å². The minimum Gasteiger partial charge on any atom is -0.394 e. The van der Waals surface area contributed by atoms with Crippen LogP contribution in [0.15, 0.2) is 0 Å². The maximum absolute atomic E-state index is 10.2. The van der Waals surface area contributed by atoms with E-state index in [4.69, 9.17) is 24.1 Å². The van der Waals surface area contributed by atoms with Crippen LogP contribution in [0.25, 0.3) is 0 Å². The Morgan fingerprint density at radius 3 is 2.09 bits per heavy atom. The molecule has 0 aromatic heterocycles. The third kappa shape index (κ3) is 3.98. The molecule has 0 amide bonds. The van der Waals surface area contributed by atoms with Crippen LogP contribution in [0.3, 0.4) is 0 Å². The molecule has 2 rings (SSSR count). The van der Waals surface area contributed by atoms with Crippen molar-refractivity contribution in [3.8, 4) is 0 Å². The smallest absolute Gasteiger partial charge is 0.187 e. The van der Waals surface area contributed by atoms with Crippen molar-refractivity contribution in [3.05, 3.63) is 0 Å². The van der Waals surface area contributed by atoms with Crippen LogP contribution in [0, 0.1) is 0 Å². The largest absolute Gasteiger partial charge is 0.394 e. The number of aliphatic hydroxyl groups excluding tert-OH is 5. The third-order valence-corrected chi connectivity index (χ3v) is 4.66. The first-order valence-corrected chi connectivity index (χ1v) is 8.65. The van der Waals surface area contributed by atoms with E-state index in [1.807, 2.05) is 6.26 Å². The molecule has 23 heavy (non-hydrogen) atoms. The lowest BCUT2D eigenvalue weighted by atomic mass is 9.99. The second-order valence-corrected chi connectivity index (χ2v) is 6.43. The fourth-order valence-electron chi connectivity index (χ4n) is 2.67. The Bertz CT molecular complexity index is 371. The quantitative estimate of drug-likeness (QED) is 0.341. The lowest BCUT2D eigenvalue weighted by Gasteiger charge is -2.42. The van der Waals surface area contributed by atoms with Gasteiger partial charge in [-0.15, -0.1) is 0 Å². The van der Waals surface area contributed by atoms with Gasteiger partial charge in [-0.3, -0.25) is 0 Å². The average molecular weight is 356 g/mol. The number of hydrogen-bond acceptors (Lipinski definition) is 10. The summed E-state index contributed by atoms with van der Waals surface area (Å²) in [5.41, 5.74) is 0. The van der Waals surface area contributed by atoms with E-state index in [0.717, 1.165) is 0 Å². The zero-order valence-corrected chi connectivity index (χ0v) is 13.7. The Kier molecular flexibility index (Phi) is 7.04. The maximum atomic E-state index is 10.2. The number of ether oxygens (including phenoxy) is 4. The van der Waals surface area contributed by atoms with Crippen molar-refractivity contribution in [1.29, 1.82) is 0 Å². The van der Waals surface area contributed by atoms with E-state index < -0.39 is 61.9 Å².